The molecule has 9 heteroatoms. The van der Waals surface area contributed by atoms with E-state index >= 15 is 0 Å². The van der Waals surface area contributed by atoms with Crippen molar-refractivity contribution in [2.45, 2.75) is 23.1 Å². The van der Waals surface area contributed by atoms with Crippen LogP contribution in [0, 0.1) is 12.7 Å². The normalized spacial score (nSPS) is 28.3. The molecule has 1 aromatic carbocycles. The van der Waals surface area contributed by atoms with Crippen LogP contribution in [0.5, 0.6) is 0 Å². The van der Waals surface area contributed by atoms with Gasteiger partial charge in [0.1, 0.15) is 5.82 Å². The Bertz CT molecular complexity index is 862. The number of benzene rings is 1. The van der Waals surface area contributed by atoms with Crippen LogP contribution in [0.15, 0.2) is 23.1 Å². The van der Waals surface area contributed by atoms with E-state index in [1.54, 1.807) is 0 Å². The smallest absolute Gasteiger partial charge is 0.184 e. The van der Waals surface area contributed by atoms with Gasteiger partial charge in [-0.1, -0.05) is 0 Å². The fraction of sp³-hybridized carbons (Fsp3) is 0.625. The van der Waals surface area contributed by atoms with Gasteiger partial charge in [-0.3, -0.25) is 4.90 Å². The highest BCUT2D eigenvalue weighted by Crippen LogP contribution is 2.31. The summed E-state index contributed by atoms with van der Waals surface area (Å²) in [6.45, 7) is 4.37. The molecule has 0 bridgehead atoms. The summed E-state index contributed by atoms with van der Waals surface area (Å²) in [5.41, 5.74) is 0.307. The maximum Gasteiger partial charge on any atom is 0.184 e. The Morgan fingerprint density at radius 3 is 2.36 bits per heavy atom. The lowest BCUT2D eigenvalue weighted by Gasteiger charge is -2.38. The second-order valence-electron chi connectivity index (χ2n) is 6.98. The number of hydrogen-bond acceptors (Lipinski definition) is 6. The molecule has 1 aromatic rings. The molecule has 2 atom stereocenters. The summed E-state index contributed by atoms with van der Waals surface area (Å²) in [5, 5.41) is -1.01. The van der Waals surface area contributed by atoms with Crippen molar-refractivity contribution in [1.29, 1.82) is 0 Å². The minimum atomic E-state index is -3.87. The molecular weight excluding hydrogens is 367 g/mol. The van der Waals surface area contributed by atoms with E-state index in [2.05, 4.69) is 4.90 Å². The lowest BCUT2D eigenvalue weighted by Crippen LogP contribution is -2.54. The molecule has 0 aliphatic carbocycles. The molecule has 0 amide bonds. The first-order valence-corrected chi connectivity index (χ1v) is 11.6. The number of hydrogen-bond donors (Lipinski definition) is 0. The van der Waals surface area contributed by atoms with Crippen molar-refractivity contribution >= 4 is 19.7 Å². The van der Waals surface area contributed by atoms with Gasteiger partial charge in [-0.05, 0) is 37.7 Å². The minimum Gasteiger partial charge on any atom is -0.304 e. The zero-order valence-electron chi connectivity index (χ0n) is 14.4. The molecule has 0 spiro atoms. The zero-order valence-corrected chi connectivity index (χ0v) is 16.0. The van der Waals surface area contributed by atoms with Gasteiger partial charge in [-0.2, -0.15) is 0 Å². The molecule has 2 aliphatic heterocycles. The fourth-order valence-electron chi connectivity index (χ4n) is 3.68. The van der Waals surface area contributed by atoms with Gasteiger partial charge in [-0.25, -0.2) is 21.2 Å². The number of sulfone groups is 2. The summed E-state index contributed by atoms with van der Waals surface area (Å²) < 4.78 is 64.1. The minimum absolute atomic E-state index is 0.0233. The largest absolute Gasteiger partial charge is 0.304 e. The van der Waals surface area contributed by atoms with Crippen molar-refractivity contribution in [3.63, 3.8) is 0 Å². The van der Waals surface area contributed by atoms with E-state index < -0.39 is 36.8 Å². The van der Waals surface area contributed by atoms with Crippen LogP contribution in [0.4, 0.5) is 4.39 Å². The molecule has 6 nitrogen and oxygen atoms in total. The number of halogens is 1. The van der Waals surface area contributed by atoms with E-state index in [0.717, 1.165) is 19.2 Å². The van der Waals surface area contributed by atoms with Crippen molar-refractivity contribution in [3.8, 4) is 0 Å². The first-order valence-electron chi connectivity index (χ1n) is 8.23. The summed E-state index contributed by atoms with van der Waals surface area (Å²) in [6, 6.07) is 2.97. The van der Waals surface area contributed by atoms with E-state index in [0.29, 0.717) is 18.7 Å². The molecule has 0 N–H and O–H groups in total. The highest BCUT2D eigenvalue weighted by atomic mass is 32.2. The molecule has 3 rings (SSSR count). The molecular formula is C16H23FN2O4S2. The quantitative estimate of drug-likeness (QED) is 0.692. The maximum absolute atomic E-state index is 13.3. The van der Waals surface area contributed by atoms with Crippen LogP contribution in [0.3, 0.4) is 0 Å². The number of nitrogens with zero attached hydrogens (tertiary/aromatic N) is 2. The van der Waals surface area contributed by atoms with Crippen molar-refractivity contribution in [3.05, 3.63) is 29.6 Å². The van der Waals surface area contributed by atoms with Gasteiger partial charge in [0.2, 0.25) is 0 Å². The van der Waals surface area contributed by atoms with Crippen molar-refractivity contribution < 1.29 is 21.2 Å². The predicted molar refractivity (Wildman–Crippen MR) is 93.6 cm³/mol. The Balaban J connectivity index is 1.97. The second-order valence-corrected chi connectivity index (χ2v) is 11.3. The van der Waals surface area contributed by atoms with E-state index in [4.69, 9.17) is 0 Å². The third-order valence-electron chi connectivity index (χ3n) is 5.12. The summed E-state index contributed by atoms with van der Waals surface area (Å²) in [6.07, 6.45) is 0. The average molecular weight is 391 g/mol. The number of rotatable bonds is 3. The Kier molecular flexibility index (Phi) is 4.95. The lowest BCUT2D eigenvalue weighted by atomic mass is 10.2. The molecule has 2 fully saturated rings. The fourth-order valence-corrected chi connectivity index (χ4v) is 8.74. The molecule has 0 saturated carbocycles. The molecule has 2 aliphatic rings. The Labute approximate surface area is 148 Å². The third-order valence-corrected chi connectivity index (χ3v) is 9.40. The molecule has 2 heterocycles. The van der Waals surface area contributed by atoms with Crippen LogP contribution < -0.4 is 0 Å². The first kappa shape index (κ1) is 18.8. The van der Waals surface area contributed by atoms with Gasteiger partial charge >= 0.3 is 0 Å². The summed E-state index contributed by atoms with van der Waals surface area (Å²) in [7, 11) is -5.31. The SMILES string of the molecule is Cc1cc(F)ccc1S(=O)(=O)[C@H]1CS(=O)(=O)C[C@@H]1N1CCN(C)CC1. The topological polar surface area (TPSA) is 74.8 Å². The number of aryl methyl sites for hydroxylation is 1. The molecule has 0 aromatic heterocycles. The maximum atomic E-state index is 13.3. The monoisotopic (exact) mass is 390 g/mol. The van der Waals surface area contributed by atoms with Crippen LogP contribution in [0.2, 0.25) is 0 Å². The standard InChI is InChI=1S/C16H23FN2O4S2/c1-12-9-13(17)3-4-15(12)25(22,23)16-11-24(20,21)10-14(16)19-7-5-18(2)6-8-19/h3-4,9,14,16H,5-8,10-11H2,1-2H3/t14-,16-/m0/s1. The van der Waals surface area contributed by atoms with Gasteiger partial charge in [0.15, 0.2) is 19.7 Å². The highest BCUT2D eigenvalue weighted by Gasteiger charge is 2.48. The predicted octanol–water partition coefficient (Wildman–Crippen LogP) is 0.321. The van der Waals surface area contributed by atoms with Crippen LogP contribution in [-0.4, -0.2) is 82.7 Å². The van der Waals surface area contributed by atoms with Crippen LogP contribution in [0.25, 0.3) is 0 Å². The van der Waals surface area contributed by atoms with Gasteiger partial charge in [0.05, 0.1) is 21.7 Å². The third kappa shape index (κ3) is 3.74. The van der Waals surface area contributed by atoms with Gasteiger partial charge in [-0.15, -0.1) is 0 Å². The summed E-state index contributed by atoms with van der Waals surface area (Å²) >= 11 is 0. The van der Waals surface area contributed by atoms with Crippen LogP contribution >= 0.6 is 0 Å². The van der Waals surface area contributed by atoms with Crippen LogP contribution in [-0.2, 0) is 19.7 Å². The zero-order chi connectivity index (χ0) is 18.4. The van der Waals surface area contributed by atoms with Crippen molar-refractivity contribution in [1.82, 2.24) is 9.80 Å². The summed E-state index contributed by atoms with van der Waals surface area (Å²) in [5.74, 6) is -1.02. The molecule has 2 saturated heterocycles. The van der Waals surface area contributed by atoms with E-state index in [-0.39, 0.29) is 16.4 Å². The molecule has 25 heavy (non-hydrogen) atoms. The van der Waals surface area contributed by atoms with E-state index in [1.807, 2.05) is 11.9 Å². The average Bonchev–Trinajstić information content (AvgIpc) is 2.84. The lowest BCUT2D eigenvalue weighted by molar-refractivity contribution is 0.122. The van der Waals surface area contributed by atoms with Crippen LogP contribution in [0.1, 0.15) is 5.56 Å². The van der Waals surface area contributed by atoms with E-state index in [1.165, 1.54) is 19.1 Å². The molecule has 0 unspecified atom stereocenters. The van der Waals surface area contributed by atoms with Gasteiger partial charge < -0.3 is 4.90 Å². The molecule has 140 valence electrons. The second kappa shape index (κ2) is 6.61. The van der Waals surface area contributed by atoms with Gasteiger partial charge in [0.25, 0.3) is 0 Å². The number of piperazine rings is 1. The van der Waals surface area contributed by atoms with Crippen molar-refractivity contribution in [2.24, 2.45) is 0 Å². The van der Waals surface area contributed by atoms with Gasteiger partial charge in [0, 0.05) is 32.2 Å². The number of likely N-dealkylation sites (N-methyl/N-ethyl adjacent to an activating group) is 1. The summed E-state index contributed by atoms with van der Waals surface area (Å²) in [4.78, 5) is 4.13. The first-order chi connectivity index (χ1) is 11.6. The Morgan fingerprint density at radius 2 is 1.76 bits per heavy atom. The Morgan fingerprint density at radius 1 is 1.12 bits per heavy atom. The molecule has 0 radical (unpaired) electrons. The highest BCUT2D eigenvalue weighted by molar-refractivity contribution is 7.96. The Hall–Kier alpha value is -1.03. The van der Waals surface area contributed by atoms with Crippen molar-refractivity contribution in [2.75, 3.05) is 44.7 Å². The van der Waals surface area contributed by atoms with E-state index in [9.17, 15) is 21.2 Å².